The number of rotatable bonds is 18. The Hall–Kier alpha value is -1.13. The van der Waals surface area contributed by atoms with Gasteiger partial charge in [0.25, 0.3) is 0 Å². The normalized spacial score (nSPS) is 16.8. The van der Waals surface area contributed by atoms with Crippen molar-refractivity contribution in [1.29, 1.82) is 0 Å². The first kappa shape index (κ1) is 52.2. The first-order valence-corrected chi connectivity index (χ1v) is 20.9. The Bertz CT molecular complexity index is 854. The van der Waals surface area contributed by atoms with Crippen molar-refractivity contribution in [3.8, 4) is 11.5 Å². The summed E-state index contributed by atoms with van der Waals surface area (Å²) in [5, 5.41) is 17.3. The molecule has 10 nitrogen and oxygen atoms in total. The maximum Gasteiger partial charge on any atom is 0.677 e. The third-order valence-electron chi connectivity index (χ3n) is 7.06. The Kier molecular flexibility index (Phi) is 32.5. The van der Waals surface area contributed by atoms with Crippen LogP contribution in [-0.2, 0) is 48.3 Å². The second kappa shape index (κ2) is 30.5. The fraction of sp³-hybridized carbons (Fsp3) is 0.667. The molecule has 2 rings (SSSR count). The van der Waals surface area contributed by atoms with Crippen LogP contribution in [0.15, 0.2) is 60.7 Å². The molecule has 0 bridgehead atoms. The zero-order valence-corrected chi connectivity index (χ0v) is 35.8. The molecule has 4 N–H and O–H groups in total. The smallest absolute Gasteiger partial charge is 0.508 e. The van der Waals surface area contributed by atoms with Gasteiger partial charge < -0.3 is 46.4 Å². The second-order valence-electron chi connectivity index (χ2n) is 11.7. The molecule has 284 valence electrons. The van der Waals surface area contributed by atoms with E-state index in [0.29, 0.717) is 11.5 Å². The van der Waals surface area contributed by atoms with Gasteiger partial charge in [-0.15, -0.1) is 0 Å². The van der Waals surface area contributed by atoms with Crippen LogP contribution < -0.4 is 0 Å². The summed E-state index contributed by atoms with van der Waals surface area (Å²) < 4.78 is 33.5. The molecule has 0 spiro atoms. The molecule has 2 aromatic carbocycles. The number of hydrogen-bond donors (Lipinski definition) is 4. The van der Waals surface area contributed by atoms with Gasteiger partial charge in [-0.25, -0.2) is 0 Å². The number of para-hydroxylation sites is 2. The van der Waals surface area contributed by atoms with Crippen molar-refractivity contribution in [2.75, 3.05) is 0 Å². The molecule has 0 aliphatic carbocycles. The summed E-state index contributed by atoms with van der Waals surface area (Å²) in [5.41, 5.74) is 0. The minimum atomic E-state index is -3.50. The maximum absolute atomic E-state index is 10.4. The number of hydrogen-bond acceptors (Lipinski definition) is 10. The van der Waals surface area contributed by atoms with Gasteiger partial charge in [0.15, 0.2) is 0 Å². The Balaban J connectivity index is -0.000000613. The van der Waals surface area contributed by atoms with Crippen molar-refractivity contribution in [1.82, 2.24) is 0 Å². The Morgan fingerprint density at radius 2 is 0.571 bits per heavy atom. The fourth-order valence-electron chi connectivity index (χ4n) is 3.05. The average Bonchev–Trinajstić information content (AvgIpc) is 3.05. The van der Waals surface area contributed by atoms with Crippen molar-refractivity contribution in [3.63, 3.8) is 0 Å². The molecule has 6 atom stereocenters. The van der Waals surface area contributed by atoms with Crippen LogP contribution in [0.1, 0.15) is 122 Å². The van der Waals surface area contributed by atoms with Gasteiger partial charge in [-0.3, -0.25) is 0 Å². The van der Waals surface area contributed by atoms with Gasteiger partial charge in [0, 0.05) is 58.3 Å². The third kappa shape index (κ3) is 29.2. The average molecular weight is 765 g/mol. The molecule has 0 saturated heterocycles. The predicted octanol–water partition coefficient (Wildman–Crippen LogP) is 8.50. The molecule has 0 fully saturated rings. The first-order valence-electron chi connectivity index (χ1n) is 17.5. The minimum Gasteiger partial charge on any atom is -0.508 e. The molecular weight excluding hydrogens is 696 g/mol. The summed E-state index contributed by atoms with van der Waals surface area (Å²) in [7, 11) is -7.00. The van der Waals surface area contributed by atoms with Crippen molar-refractivity contribution >= 4 is 18.1 Å². The van der Waals surface area contributed by atoms with Crippen LogP contribution in [0.5, 0.6) is 11.5 Å². The molecule has 0 saturated carbocycles. The van der Waals surface area contributed by atoms with Crippen LogP contribution in [0, 0.1) is 0 Å². The van der Waals surface area contributed by atoms with E-state index < -0.39 is 18.1 Å². The summed E-state index contributed by atoms with van der Waals surface area (Å²) in [6, 6.07) is 17.4. The standard InChI is InChI=1S/2C12H28O4Si.2C6H6O.Ti/c2*1-7-10(4)14-17(13,15-11(5)8-2)16-12(6)9-3;2*7-6-4-2-1-3-5-6;/h2*10-13H,7-9H2,1-6H3;2*1-5,7H;. The quantitative estimate of drug-likeness (QED) is 0.109. The van der Waals surface area contributed by atoms with E-state index in [1.807, 2.05) is 95.2 Å². The third-order valence-corrected chi connectivity index (χ3v) is 11.3. The molecular formula is C36H68O10Si2Ti. The van der Waals surface area contributed by atoms with E-state index in [-0.39, 0.29) is 58.3 Å². The zero-order chi connectivity index (χ0) is 37.2. The summed E-state index contributed by atoms with van der Waals surface area (Å²) in [6.07, 6.45) is 4.60. The van der Waals surface area contributed by atoms with Crippen molar-refractivity contribution in [2.45, 2.75) is 158 Å². The van der Waals surface area contributed by atoms with E-state index >= 15 is 0 Å². The van der Waals surface area contributed by atoms with Crippen LogP contribution in [-0.4, -0.2) is 74.5 Å². The van der Waals surface area contributed by atoms with Crippen molar-refractivity contribution < 1.29 is 68.1 Å². The SMILES string of the molecule is CCC(C)O[Si](O)(OC(C)CC)OC(C)CC.CCC(C)O[Si](O)(OC(C)CC)OC(C)CC.Oc1ccccc1.Oc1ccccc1.[Ti]. The summed E-state index contributed by atoms with van der Waals surface area (Å²) in [4.78, 5) is 20.8. The maximum atomic E-state index is 10.4. The minimum absolute atomic E-state index is 0. The van der Waals surface area contributed by atoms with Crippen LogP contribution in [0.4, 0.5) is 0 Å². The van der Waals surface area contributed by atoms with E-state index in [1.54, 1.807) is 48.5 Å². The monoisotopic (exact) mass is 764 g/mol. The van der Waals surface area contributed by atoms with Gasteiger partial charge in [0.1, 0.15) is 11.5 Å². The summed E-state index contributed by atoms with van der Waals surface area (Å²) >= 11 is 0. The Labute approximate surface area is 315 Å². The van der Waals surface area contributed by atoms with Gasteiger partial charge in [0.2, 0.25) is 0 Å². The summed E-state index contributed by atoms with van der Waals surface area (Å²) in [6.45, 7) is 23.5. The van der Waals surface area contributed by atoms with E-state index in [4.69, 9.17) is 36.8 Å². The van der Waals surface area contributed by atoms with E-state index in [2.05, 4.69) is 0 Å². The van der Waals surface area contributed by atoms with Gasteiger partial charge >= 0.3 is 18.1 Å². The van der Waals surface area contributed by atoms with Crippen molar-refractivity contribution in [3.05, 3.63) is 60.7 Å². The van der Waals surface area contributed by atoms with Crippen LogP contribution in [0.2, 0.25) is 0 Å². The molecule has 13 heteroatoms. The first-order chi connectivity index (χ1) is 22.5. The molecule has 0 heterocycles. The van der Waals surface area contributed by atoms with Crippen LogP contribution in [0.3, 0.4) is 0 Å². The van der Waals surface area contributed by atoms with E-state index in [9.17, 15) is 9.59 Å². The van der Waals surface area contributed by atoms with Gasteiger partial charge in [-0.1, -0.05) is 77.9 Å². The van der Waals surface area contributed by atoms with Crippen molar-refractivity contribution in [2.24, 2.45) is 0 Å². The molecule has 0 aromatic heterocycles. The molecule has 0 radical (unpaired) electrons. The number of aromatic hydroxyl groups is 2. The molecule has 2 aromatic rings. The Morgan fingerprint density at radius 3 is 0.673 bits per heavy atom. The topological polar surface area (TPSA) is 136 Å². The largest absolute Gasteiger partial charge is 0.677 e. The van der Waals surface area contributed by atoms with Gasteiger partial charge in [-0.2, -0.15) is 0 Å². The molecule has 49 heavy (non-hydrogen) atoms. The van der Waals surface area contributed by atoms with E-state index in [1.165, 1.54) is 0 Å². The summed E-state index contributed by atoms with van der Waals surface area (Å²) in [5.74, 6) is 0.644. The molecule has 0 amide bonds. The number of benzene rings is 2. The van der Waals surface area contributed by atoms with Crippen LogP contribution >= 0.6 is 0 Å². The molecule has 0 aliphatic heterocycles. The second-order valence-corrected chi connectivity index (χ2v) is 15.2. The predicted molar refractivity (Wildman–Crippen MR) is 197 cm³/mol. The zero-order valence-electron chi connectivity index (χ0n) is 32.2. The molecule has 6 unspecified atom stereocenters. The van der Waals surface area contributed by atoms with Crippen LogP contribution in [0.25, 0.3) is 0 Å². The molecule has 0 aliphatic rings. The fourth-order valence-corrected chi connectivity index (χ4v) is 7.43. The van der Waals surface area contributed by atoms with Gasteiger partial charge in [-0.05, 0) is 104 Å². The Morgan fingerprint density at radius 1 is 0.408 bits per heavy atom. The number of phenols is 2. The van der Waals surface area contributed by atoms with E-state index in [0.717, 1.165) is 38.5 Å². The van der Waals surface area contributed by atoms with Gasteiger partial charge in [0.05, 0.1) is 0 Å². The number of phenolic OH excluding ortho intramolecular Hbond substituents is 2.